The van der Waals surface area contributed by atoms with Crippen LogP contribution in [0.5, 0.6) is 0 Å². The maximum Gasteiger partial charge on any atom is 0.223 e. The summed E-state index contributed by atoms with van der Waals surface area (Å²) in [5, 5.41) is 3.00. The van der Waals surface area contributed by atoms with Gasteiger partial charge in [0.25, 0.3) is 0 Å². The Bertz CT molecular complexity index is 456. The SMILES string of the molecule is C[C@@H](CCc1ccco1)NC(=O)[C@H]1CCN(C)C(=O)C1. The number of amides is 2. The van der Waals surface area contributed by atoms with Gasteiger partial charge in [0, 0.05) is 38.4 Å². The van der Waals surface area contributed by atoms with Crippen LogP contribution in [0.15, 0.2) is 22.8 Å². The first-order valence-corrected chi connectivity index (χ1v) is 7.13. The van der Waals surface area contributed by atoms with Gasteiger partial charge in [-0.1, -0.05) is 0 Å². The summed E-state index contributed by atoms with van der Waals surface area (Å²) in [6, 6.07) is 3.88. The van der Waals surface area contributed by atoms with E-state index >= 15 is 0 Å². The van der Waals surface area contributed by atoms with Crippen molar-refractivity contribution in [3.05, 3.63) is 24.2 Å². The van der Waals surface area contributed by atoms with E-state index < -0.39 is 0 Å². The Kier molecular flexibility index (Phi) is 4.82. The zero-order valence-electron chi connectivity index (χ0n) is 12.1. The van der Waals surface area contributed by atoms with Crippen molar-refractivity contribution in [1.29, 1.82) is 0 Å². The first-order valence-electron chi connectivity index (χ1n) is 7.13. The first kappa shape index (κ1) is 14.6. The molecule has 5 nitrogen and oxygen atoms in total. The van der Waals surface area contributed by atoms with E-state index in [9.17, 15) is 9.59 Å². The monoisotopic (exact) mass is 278 g/mol. The van der Waals surface area contributed by atoms with E-state index in [0.717, 1.165) is 25.0 Å². The topological polar surface area (TPSA) is 62.6 Å². The van der Waals surface area contributed by atoms with Gasteiger partial charge in [-0.25, -0.2) is 0 Å². The lowest BCUT2D eigenvalue weighted by molar-refractivity contribution is -0.139. The zero-order chi connectivity index (χ0) is 14.5. The van der Waals surface area contributed by atoms with E-state index in [1.54, 1.807) is 18.2 Å². The number of furan rings is 1. The summed E-state index contributed by atoms with van der Waals surface area (Å²) in [6.07, 6.45) is 4.37. The molecule has 0 spiro atoms. The van der Waals surface area contributed by atoms with Crippen molar-refractivity contribution >= 4 is 11.8 Å². The number of aryl methyl sites for hydroxylation is 1. The van der Waals surface area contributed by atoms with E-state index in [0.29, 0.717) is 13.0 Å². The molecular formula is C15H22N2O3. The maximum atomic E-state index is 12.1. The van der Waals surface area contributed by atoms with Crippen molar-refractivity contribution in [2.75, 3.05) is 13.6 Å². The molecule has 1 fully saturated rings. The molecule has 5 heteroatoms. The van der Waals surface area contributed by atoms with Crippen LogP contribution < -0.4 is 5.32 Å². The number of nitrogens with zero attached hydrogens (tertiary/aromatic N) is 1. The normalized spacial score (nSPS) is 20.8. The van der Waals surface area contributed by atoms with Crippen LogP contribution in [0.4, 0.5) is 0 Å². The summed E-state index contributed by atoms with van der Waals surface area (Å²) in [7, 11) is 1.78. The first-order chi connectivity index (χ1) is 9.56. The van der Waals surface area contributed by atoms with Crippen molar-refractivity contribution in [2.24, 2.45) is 5.92 Å². The maximum absolute atomic E-state index is 12.1. The third-order valence-electron chi connectivity index (χ3n) is 3.82. The third kappa shape index (κ3) is 3.85. The largest absolute Gasteiger partial charge is 0.469 e. The molecule has 0 radical (unpaired) electrons. The molecule has 2 atom stereocenters. The summed E-state index contributed by atoms with van der Waals surface area (Å²) in [5.41, 5.74) is 0. The van der Waals surface area contributed by atoms with Gasteiger partial charge in [0.15, 0.2) is 0 Å². The van der Waals surface area contributed by atoms with Crippen molar-refractivity contribution in [3.63, 3.8) is 0 Å². The molecule has 110 valence electrons. The van der Waals surface area contributed by atoms with Gasteiger partial charge in [-0.2, -0.15) is 0 Å². The number of likely N-dealkylation sites (tertiary alicyclic amines) is 1. The Morgan fingerprint density at radius 2 is 2.40 bits per heavy atom. The molecule has 2 heterocycles. The van der Waals surface area contributed by atoms with Crippen molar-refractivity contribution < 1.29 is 14.0 Å². The fraction of sp³-hybridized carbons (Fsp3) is 0.600. The van der Waals surface area contributed by atoms with E-state index in [4.69, 9.17) is 4.42 Å². The predicted octanol–water partition coefficient (Wildman–Crippen LogP) is 1.59. The fourth-order valence-electron chi connectivity index (χ4n) is 2.41. The van der Waals surface area contributed by atoms with Gasteiger partial charge in [-0.3, -0.25) is 9.59 Å². The van der Waals surface area contributed by atoms with Crippen LogP contribution >= 0.6 is 0 Å². The van der Waals surface area contributed by atoms with Gasteiger partial charge in [0.05, 0.1) is 6.26 Å². The molecule has 2 rings (SSSR count). The minimum absolute atomic E-state index is 0.00149. The van der Waals surface area contributed by atoms with E-state index in [-0.39, 0.29) is 23.8 Å². The standard InChI is InChI=1S/C15H22N2O3/c1-11(5-6-13-4-3-9-20-13)16-15(19)12-7-8-17(2)14(18)10-12/h3-4,9,11-12H,5-8,10H2,1-2H3,(H,16,19)/t11-,12-/m0/s1. The smallest absolute Gasteiger partial charge is 0.223 e. The minimum atomic E-state index is -0.176. The Hall–Kier alpha value is -1.78. The lowest BCUT2D eigenvalue weighted by Crippen LogP contribution is -2.44. The summed E-state index contributed by atoms with van der Waals surface area (Å²) in [5.74, 6) is 0.809. The number of carbonyl (C=O) groups is 2. The van der Waals surface area contributed by atoms with Gasteiger partial charge in [0.1, 0.15) is 5.76 Å². The number of rotatable bonds is 5. The second-order valence-corrected chi connectivity index (χ2v) is 5.53. The number of nitrogens with one attached hydrogen (secondary N) is 1. The number of piperidine rings is 1. The van der Waals surface area contributed by atoms with Crippen LogP contribution in [-0.2, 0) is 16.0 Å². The molecule has 2 amide bonds. The molecule has 0 aliphatic carbocycles. The molecule has 0 saturated carbocycles. The third-order valence-corrected chi connectivity index (χ3v) is 3.82. The zero-order valence-corrected chi connectivity index (χ0v) is 12.1. The average molecular weight is 278 g/mol. The Morgan fingerprint density at radius 3 is 3.05 bits per heavy atom. The second-order valence-electron chi connectivity index (χ2n) is 5.53. The number of carbonyl (C=O) groups excluding carboxylic acids is 2. The highest BCUT2D eigenvalue weighted by Crippen LogP contribution is 2.17. The van der Waals surface area contributed by atoms with Crippen molar-refractivity contribution in [2.45, 2.75) is 38.6 Å². The molecule has 0 bridgehead atoms. The average Bonchev–Trinajstić information content (AvgIpc) is 2.92. The molecular weight excluding hydrogens is 256 g/mol. The molecule has 1 saturated heterocycles. The van der Waals surface area contributed by atoms with E-state index in [1.807, 2.05) is 19.1 Å². The lowest BCUT2D eigenvalue weighted by Gasteiger charge is -2.28. The van der Waals surface area contributed by atoms with Crippen LogP contribution in [0, 0.1) is 5.92 Å². The lowest BCUT2D eigenvalue weighted by atomic mass is 9.95. The molecule has 1 aliphatic heterocycles. The van der Waals surface area contributed by atoms with E-state index in [1.165, 1.54) is 0 Å². The van der Waals surface area contributed by atoms with Crippen LogP contribution in [0.3, 0.4) is 0 Å². The number of hydrogen-bond acceptors (Lipinski definition) is 3. The molecule has 20 heavy (non-hydrogen) atoms. The fourth-order valence-corrected chi connectivity index (χ4v) is 2.41. The summed E-state index contributed by atoms with van der Waals surface area (Å²) >= 11 is 0. The van der Waals surface area contributed by atoms with E-state index in [2.05, 4.69) is 5.32 Å². The molecule has 0 aromatic carbocycles. The molecule has 0 unspecified atom stereocenters. The van der Waals surface area contributed by atoms with Crippen LogP contribution in [-0.4, -0.2) is 36.3 Å². The summed E-state index contributed by atoms with van der Waals surface area (Å²) in [6.45, 7) is 2.65. The van der Waals surface area contributed by atoms with Crippen LogP contribution in [0.25, 0.3) is 0 Å². The quantitative estimate of drug-likeness (QED) is 0.889. The molecule has 1 N–H and O–H groups in total. The molecule has 1 aliphatic rings. The summed E-state index contributed by atoms with van der Waals surface area (Å²) in [4.78, 5) is 25.4. The molecule has 1 aromatic heterocycles. The molecule has 1 aromatic rings. The Labute approximate surface area is 119 Å². The Balaban J connectivity index is 1.74. The van der Waals surface area contributed by atoms with Gasteiger partial charge >= 0.3 is 0 Å². The van der Waals surface area contributed by atoms with Gasteiger partial charge in [-0.15, -0.1) is 0 Å². The second kappa shape index (κ2) is 6.59. The van der Waals surface area contributed by atoms with Crippen LogP contribution in [0.2, 0.25) is 0 Å². The highest BCUT2D eigenvalue weighted by molar-refractivity contribution is 5.86. The highest BCUT2D eigenvalue weighted by atomic mass is 16.3. The highest BCUT2D eigenvalue weighted by Gasteiger charge is 2.29. The van der Waals surface area contributed by atoms with Gasteiger partial charge in [0.2, 0.25) is 11.8 Å². The van der Waals surface area contributed by atoms with Crippen molar-refractivity contribution in [3.8, 4) is 0 Å². The Morgan fingerprint density at radius 1 is 1.60 bits per heavy atom. The number of hydrogen-bond donors (Lipinski definition) is 1. The predicted molar refractivity (Wildman–Crippen MR) is 75.0 cm³/mol. The summed E-state index contributed by atoms with van der Waals surface area (Å²) < 4.78 is 5.27. The van der Waals surface area contributed by atoms with Gasteiger partial charge in [-0.05, 0) is 31.9 Å². The van der Waals surface area contributed by atoms with Crippen molar-refractivity contribution in [1.82, 2.24) is 10.2 Å². The minimum Gasteiger partial charge on any atom is -0.469 e. The van der Waals surface area contributed by atoms with Gasteiger partial charge < -0.3 is 14.6 Å². The van der Waals surface area contributed by atoms with Crippen LogP contribution in [0.1, 0.15) is 31.9 Å².